The van der Waals surface area contributed by atoms with Gasteiger partial charge in [0.2, 0.25) is 0 Å². The Hall–Kier alpha value is -1.16. The number of fused-ring (bicyclic) bond motifs is 1. The van der Waals surface area contributed by atoms with Gasteiger partial charge in [-0.2, -0.15) is 0 Å². The first-order chi connectivity index (χ1) is 7.70. The highest BCUT2D eigenvalue weighted by Crippen LogP contribution is 2.41. The summed E-state index contributed by atoms with van der Waals surface area (Å²) in [4.78, 5) is 15.7. The lowest BCUT2D eigenvalue weighted by Crippen LogP contribution is -1.94. The molecule has 0 unspecified atom stereocenters. The number of nitrogens with zero attached hydrogens (tertiary/aromatic N) is 2. The Bertz CT molecular complexity index is 584. The van der Waals surface area contributed by atoms with Crippen molar-refractivity contribution in [2.24, 2.45) is 0 Å². The van der Waals surface area contributed by atoms with Crippen molar-refractivity contribution in [1.82, 2.24) is 9.38 Å². The third-order valence-corrected chi connectivity index (χ3v) is 3.87. The van der Waals surface area contributed by atoms with Gasteiger partial charge in [-0.1, -0.05) is 0 Å². The minimum atomic E-state index is 0.499. The number of hydrogen-bond donors (Lipinski definition) is 0. The lowest BCUT2D eigenvalue weighted by molar-refractivity contribution is 0.111. The first kappa shape index (κ1) is 10.0. The largest absolute Gasteiger partial charge is 0.296 e. The maximum Gasteiger partial charge on any atom is 0.168 e. The third-order valence-electron chi connectivity index (χ3n) is 3.04. The van der Waals surface area contributed by atoms with Crippen LogP contribution in [0.3, 0.4) is 0 Å². The van der Waals surface area contributed by atoms with Crippen LogP contribution in [0.5, 0.6) is 0 Å². The van der Waals surface area contributed by atoms with Gasteiger partial charge < -0.3 is 0 Å². The molecule has 3 rings (SSSR count). The summed E-state index contributed by atoms with van der Waals surface area (Å²) in [5, 5.41) is 0. The highest BCUT2D eigenvalue weighted by Gasteiger charge is 2.29. The van der Waals surface area contributed by atoms with E-state index in [9.17, 15) is 4.79 Å². The SMILES string of the molecule is Cc1cc2nc(C3CC3)c(C=O)n2cc1Br. The summed E-state index contributed by atoms with van der Waals surface area (Å²) < 4.78 is 2.88. The van der Waals surface area contributed by atoms with Gasteiger partial charge in [0.25, 0.3) is 0 Å². The zero-order chi connectivity index (χ0) is 11.3. The summed E-state index contributed by atoms with van der Waals surface area (Å²) in [6.07, 6.45) is 5.15. The number of aldehydes is 1. The van der Waals surface area contributed by atoms with Crippen LogP contribution in [0.4, 0.5) is 0 Å². The van der Waals surface area contributed by atoms with Crippen LogP contribution in [0.25, 0.3) is 5.65 Å². The molecule has 0 bridgehead atoms. The molecular weight excluding hydrogens is 268 g/mol. The Morgan fingerprint density at radius 3 is 2.94 bits per heavy atom. The van der Waals surface area contributed by atoms with Crippen molar-refractivity contribution >= 4 is 27.9 Å². The maximum absolute atomic E-state index is 11.2. The fraction of sp³-hybridized carbons (Fsp3) is 0.333. The fourth-order valence-corrected chi connectivity index (χ4v) is 2.29. The van der Waals surface area contributed by atoms with E-state index in [1.807, 2.05) is 23.6 Å². The smallest absolute Gasteiger partial charge is 0.168 e. The van der Waals surface area contributed by atoms with Gasteiger partial charge in [0.05, 0.1) is 5.69 Å². The van der Waals surface area contributed by atoms with Gasteiger partial charge in [-0.25, -0.2) is 4.98 Å². The number of imidazole rings is 1. The van der Waals surface area contributed by atoms with E-state index in [1.165, 1.54) is 0 Å². The molecule has 0 aliphatic heterocycles. The van der Waals surface area contributed by atoms with Crippen LogP contribution in [0.1, 0.15) is 40.5 Å². The fourth-order valence-electron chi connectivity index (χ4n) is 1.97. The zero-order valence-corrected chi connectivity index (χ0v) is 10.5. The van der Waals surface area contributed by atoms with Gasteiger partial charge in [0.1, 0.15) is 11.3 Å². The highest BCUT2D eigenvalue weighted by molar-refractivity contribution is 9.10. The number of hydrogen-bond acceptors (Lipinski definition) is 2. The number of carbonyl (C=O) groups excluding carboxylic acids is 1. The highest BCUT2D eigenvalue weighted by atomic mass is 79.9. The van der Waals surface area contributed by atoms with E-state index in [2.05, 4.69) is 20.9 Å². The van der Waals surface area contributed by atoms with Gasteiger partial charge >= 0.3 is 0 Å². The molecule has 2 aromatic rings. The first-order valence-electron chi connectivity index (χ1n) is 5.34. The number of carbonyl (C=O) groups is 1. The predicted octanol–water partition coefficient (Wildman–Crippen LogP) is 3.10. The molecule has 1 fully saturated rings. The Labute approximate surface area is 102 Å². The molecule has 2 heterocycles. The molecule has 3 nitrogen and oxygen atoms in total. The molecule has 0 spiro atoms. The molecule has 0 radical (unpaired) electrons. The van der Waals surface area contributed by atoms with Crippen LogP contribution in [0, 0.1) is 6.92 Å². The van der Waals surface area contributed by atoms with E-state index in [0.29, 0.717) is 11.6 Å². The van der Waals surface area contributed by atoms with Gasteiger partial charge in [0, 0.05) is 16.6 Å². The summed E-state index contributed by atoms with van der Waals surface area (Å²) in [6, 6.07) is 2.00. The van der Waals surface area contributed by atoms with Crippen LogP contribution in [-0.4, -0.2) is 15.7 Å². The molecule has 2 aromatic heterocycles. The quantitative estimate of drug-likeness (QED) is 0.792. The van der Waals surface area contributed by atoms with Crippen molar-refractivity contribution in [3.63, 3.8) is 0 Å². The second-order valence-electron chi connectivity index (χ2n) is 4.31. The number of rotatable bonds is 2. The molecule has 0 N–H and O–H groups in total. The van der Waals surface area contributed by atoms with E-state index in [1.54, 1.807) is 0 Å². The maximum atomic E-state index is 11.2. The number of aryl methyl sites for hydroxylation is 1. The van der Waals surface area contributed by atoms with Crippen molar-refractivity contribution < 1.29 is 4.79 Å². The first-order valence-corrected chi connectivity index (χ1v) is 6.13. The number of aromatic nitrogens is 2. The molecule has 0 saturated heterocycles. The number of halogens is 1. The van der Waals surface area contributed by atoms with E-state index in [4.69, 9.17) is 0 Å². The number of pyridine rings is 1. The molecular formula is C12H11BrN2O. The lowest BCUT2D eigenvalue weighted by Gasteiger charge is -2.00. The van der Waals surface area contributed by atoms with E-state index < -0.39 is 0 Å². The van der Waals surface area contributed by atoms with E-state index >= 15 is 0 Å². The van der Waals surface area contributed by atoms with Gasteiger partial charge in [-0.05, 0) is 47.3 Å². The summed E-state index contributed by atoms with van der Waals surface area (Å²) >= 11 is 3.48. The standard InChI is InChI=1S/C12H11BrN2O/c1-7-4-11-14-12(8-2-3-8)10(6-16)15(11)5-9(7)13/h4-6,8H,2-3H2,1H3. The molecule has 0 atom stereocenters. The second-order valence-corrected chi connectivity index (χ2v) is 5.16. The molecule has 4 heteroatoms. The van der Waals surface area contributed by atoms with Crippen LogP contribution in [-0.2, 0) is 0 Å². The van der Waals surface area contributed by atoms with Crippen LogP contribution >= 0.6 is 15.9 Å². The Morgan fingerprint density at radius 1 is 1.56 bits per heavy atom. The average Bonchev–Trinajstić information content (AvgIpc) is 3.03. The van der Waals surface area contributed by atoms with Crippen molar-refractivity contribution in [2.75, 3.05) is 0 Å². The Balaban J connectivity index is 2.33. The molecule has 16 heavy (non-hydrogen) atoms. The van der Waals surface area contributed by atoms with Crippen molar-refractivity contribution in [3.8, 4) is 0 Å². The minimum Gasteiger partial charge on any atom is -0.296 e. The third kappa shape index (κ3) is 1.40. The molecule has 1 aliphatic rings. The Morgan fingerprint density at radius 2 is 2.31 bits per heavy atom. The predicted molar refractivity (Wildman–Crippen MR) is 65.0 cm³/mol. The minimum absolute atomic E-state index is 0.499. The molecule has 1 aliphatic carbocycles. The average molecular weight is 279 g/mol. The van der Waals surface area contributed by atoms with E-state index in [-0.39, 0.29) is 0 Å². The van der Waals surface area contributed by atoms with Crippen molar-refractivity contribution in [3.05, 3.63) is 33.7 Å². The molecule has 0 aromatic carbocycles. The Kier molecular flexibility index (Phi) is 2.14. The second kappa shape index (κ2) is 3.42. The summed E-state index contributed by atoms with van der Waals surface area (Å²) in [6.45, 7) is 2.02. The molecule has 82 valence electrons. The van der Waals surface area contributed by atoms with Gasteiger partial charge in [-0.3, -0.25) is 9.20 Å². The van der Waals surface area contributed by atoms with E-state index in [0.717, 1.165) is 40.5 Å². The summed E-state index contributed by atoms with van der Waals surface area (Å²) in [5.41, 5.74) is 3.67. The van der Waals surface area contributed by atoms with Crippen LogP contribution < -0.4 is 0 Å². The van der Waals surface area contributed by atoms with Gasteiger partial charge in [0.15, 0.2) is 6.29 Å². The van der Waals surface area contributed by atoms with Gasteiger partial charge in [-0.15, -0.1) is 0 Å². The zero-order valence-electron chi connectivity index (χ0n) is 8.90. The summed E-state index contributed by atoms with van der Waals surface area (Å²) in [7, 11) is 0. The summed E-state index contributed by atoms with van der Waals surface area (Å²) in [5.74, 6) is 0.499. The molecule has 0 amide bonds. The monoisotopic (exact) mass is 278 g/mol. The van der Waals surface area contributed by atoms with Crippen LogP contribution in [0.15, 0.2) is 16.7 Å². The topological polar surface area (TPSA) is 34.4 Å². The van der Waals surface area contributed by atoms with Crippen LogP contribution in [0.2, 0.25) is 0 Å². The normalized spacial score (nSPS) is 15.6. The molecule has 1 saturated carbocycles. The van der Waals surface area contributed by atoms with Crippen molar-refractivity contribution in [2.45, 2.75) is 25.7 Å². The van der Waals surface area contributed by atoms with Crippen molar-refractivity contribution in [1.29, 1.82) is 0 Å². The lowest BCUT2D eigenvalue weighted by atomic mass is 10.2.